The van der Waals surface area contributed by atoms with Crippen molar-refractivity contribution in [1.82, 2.24) is 0 Å². The van der Waals surface area contributed by atoms with Gasteiger partial charge in [-0.2, -0.15) is 0 Å². The molecule has 0 fully saturated rings. The second kappa shape index (κ2) is 11.7. The van der Waals surface area contributed by atoms with Crippen LogP contribution >= 0.6 is 27.2 Å². The van der Waals surface area contributed by atoms with Gasteiger partial charge in [-0.25, -0.2) is 4.39 Å². The van der Waals surface area contributed by atoms with E-state index in [9.17, 15) is 9.50 Å². The molecule has 4 aromatic rings. The van der Waals surface area contributed by atoms with Gasteiger partial charge in [-0.3, -0.25) is 0 Å². The molecule has 0 radical (unpaired) electrons. The molecule has 6 heteroatoms. The van der Waals surface area contributed by atoms with Crippen molar-refractivity contribution in [3.05, 3.63) is 103 Å². The van der Waals surface area contributed by atoms with Crippen molar-refractivity contribution in [1.29, 1.82) is 0 Å². The van der Waals surface area contributed by atoms with E-state index in [1.807, 2.05) is 78.9 Å². The topological polar surface area (TPSA) is 20.2 Å². The van der Waals surface area contributed by atoms with Gasteiger partial charge in [-0.15, -0.1) is 0 Å². The Morgan fingerprint density at radius 3 is 1.80 bits per heavy atom. The zero-order valence-corrected chi connectivity index (χ0v) is 19.9. The van der Waals surface area contributed by atoms with Crippen molar-refractivity contribution in [2.45, 2.75) is 0 Å². The van der Waals surface area contributed by atoms with Gasteiger partial charge in [0, 0.05) is 16.2 Å². The zero-order valence-electron chi connectivity index (χ0n) is 15.8. The average Bonchev–Trinajstić information content (AvgIpc) is 2.78. The van der Waals surface area contributed by atoms with E-state index in [1.165, 1.54) is 6.07 Å². The number of hydrogen-bond donors (Lipinski definition) is 1. The van der Waals surface area contributed by atoms with Gasteiger partial charge in [0.1, 0.15) is 11.6 Å². The van der Waals surface area contributed by atoms with E-state index in [0.29, 0.717) is 5.30 Å². The summed E-state index contributed by atoms with van der Waals surface area (Å²) in [5, 5.41) is 12.3. The summed E-state index contributed by atoms with van der Waals surface area (Å²) in [6, 6.07) is 30.5. The molecule has 150 valence electrons. The number of aromatic hydroxyl groups is 1. The van der Waals surface area contributed by atoms with Gasteiger partial charge in [-0.1, -0.05) is 87.4 Å². The first-order valence-corrected chi connectivity index (χ1v) is 14.4. The van der Waals surface area contributed by atoms with Crippen LogP contribution in [0.5, 0.6) is 5.75 Å². The van der Waals surface area contributed by atoms with E-state index >= 15 is 0 Å². The van der Waals surface area contributed by atoms with Crippen molar-refractivity contribution in [2.75, 3.05) is 0 Å². The molecule has 0 heterocycles. The van der Waals surface area contributed by atoms with Crippen molar-refractivity contribution < 1.29 is 26.5 Å². The Labute approximate surface area is 194 Å². The van der Waals surface area contributed by atoms with E-state index in [1.54, 1.807) is 12.1 Å². The number of halogens is 3. The molecule has 0 bridgehead atoms. The van der Waals surface area contributed by atoms with Crippen LogP contribution in [0.2, 0.25) is 0 Å². The molecule has 0 aliphatic rings. The first-order valence-electron chi connectivity index (χ1n) is 9.09. The maximum absolute atomic E-state index is 14.2. The van der Waals surface area contributed by atoms with Gasteiger partial charge in [0.05, 0.1) is 0 Å². The van der Waals surface area contributed by atoms with Crippen LogP contribution in [0.25, 0.3) is 22.3 Å². The molecule has 4 aromatic carbocycles. The minimum atomic E-state index is -0.556. The quantitative estimate of drug-likeness (QED) is 0.244. The molecule has 1 N–H and O–H groups in total. The maximum atomic E-state index is 14.2. The molecule has 0 aromatic heterocycles. The summed E-state index contributed by atoms with van der Waals surface area (Å²) in [5.74, 6) is -0.0379. The fourth-order valence-corrected chi connectivity index (χ4v) is 4.23. The van der Waals surface area contributed by atoms with Crippen LogP contribution in [0.1, 0.15) is 0 Å². The molecule has 0 saturated heterocycles. The third-order valence-corrected chi connectivity index (χ3v) is 5.77. The number of phenolic OH excluding ortho intramolecular Hbond substituents is 1. The van der Waals surface area contributed by atoms with Crippen LogP contribution in [0.3, 0.4) is 0 Å². The van der Waals surface area contributed by atoms with Gasteiger partial charge in [0.15, 0.2) is 0 Å². The molecule has 0 amide bonds. The summed E-state index contributed by atoms with van der Waals surface area (Å²) in [6.45, 7) is 0. The van der Waals surface area contributed by atoms with Crippen LogP contribution < -0.4 is 10.6 Å². The van der Waals surface area contributed by atoms with Gasteiger partial charge in [0.2, 0.25) is 0 Å². The molecular formula is C24H18Cl2FOPTi. The van der Waals surface area contributed by atoms with Gasteiger partial charge in [0.25, 0.3) is 0 Å². The summed E-state index contributed by atoms with van der Waals surface area (Å²) >= 11 is -0.556. The van der Waals surface area contributed by atoms with E-state index in [2.05, 4.69) is 0 Å². The second-order valence-electron chi connectivity index (χ2n) is 6.33. The summed E-state index contributed by atoms with van der Waals surface area (Å²) < 4.78 is 14.2. The predicted octanol–water partition coefficient (Wildman–Crippen LogP) is 6.87. The monoisotopic (exact) mass is 490 g/mol. The summed E-state index contributed by atoms with van der Waals surface area (Å²) in [6.07, 6.45) is 0. The summed E-state index contributed by atoms with van der Waals surface area (Å²) in [4.78, 5) is 0. The van der Waals surface area contributed by atoms with E-state index < -0.39 is 17.0 Å². The zero-order chi connectivity index (χ0) is 21.3. The molecule has 4 rings (SSSR count). The van der Waals surface area contributed by atoms with Gasteiger partial charge >= 0.3 is 35.6 Å². The van der Waals surface area contributed by atoms with E-state index in [-0.39, 0.29) is 20.1 Å². The molecule has 0 spiro atoms. The number of rotatable bonds is 4. The van der Waals surface area contributed by atoms with E-state index in [4.69, 9.17) is 18.6 Å². The Balaban J connectivity index is 0.000000806. The van der Waals surface area contributed by atoms with Gasteiger partial charge in [-0.05, 0) is 34.9 Å². The average molecular weight is 491 g/mol. The first kappa shape index (κ1) is 23.0. The summed E-state index contributed by atoms with van der Waals surface area (Å²) in [5.41, 5.74) is 3.77. The fourth-order valence-electron chi connectivity index (χ4n) is 3.07. The Kier molecular flexibility index (Phi) is 8.94. The predicted molar refractivity (Wildman–Crippen MR) is 125 cm³/mol. The number of phenols is 1. The van der Waals surface area contributed by atoms with Crippen molar-refractivity contribution >= 4 is 37.8 Å². The normalized spacial score (nSPS) is 10.5. The van der Waals surface area contributed by atoms with Gasteiger partial charge < -0.3 is 5.11 Å². The van der Waals surface area contributed by atoms with Crippen LogP contribution in [-0.2, 0) is 17.0 Å². The molecule has 1 nitrogen and oxygen atoms in total. The van der Waals surface area contributed by atoms with Crippen LogP contribution in [0.4, 0.5) is 4.39 Å². The van der Waals surface area contributed by atoms with Crippen LogP contribution in [0, 0.1) is 5.82 Å². The summed E-state index contributed by atoms with van der Waals surface area (Å²) in [7, 11) is 9.81. The third kappa shape index (κ3) is 5.94. The molecular weight excluding hydrogens is 473 g/mol. The molecule has 1 atom stereocenters. The van der Waals surface area contributed by atoms with Crippen molar-refractivity contribution in [2.24, 2.45) is 0 Å². The number of benzene rings is 4. The van der Waals surface area contributed by atoms with Crippen LogP contribution in [-0.4, -0.2) is 5.11 Å². The fraction of sp³-hybridized carbons (Fsp3) is 0. The van der Waals surface area contributed by atoms with Crippen LogP contribution in [0.15, 0.2) is 97.1 Å². The third-order valence-electron chi connectivity index (χ3n) is 4.45. The molecule has 0 aliphatic heterocycles. The standard InChI is InChI=1S/C24H18FOP.2ClH.Ti/c25-21-13-7-8-14-22(21)27-23-16-19(17-9-3-1-4-10-17)15-20(24(23)26)18-11-5-2-6-12-18;;;/h1-16,26-27H;2*1H;/q;;;+2/p-2. The Morgan fingerprint density at radius 1 is 0.667 bits per heavy atom. The van der Waals surface area contributed by atoms with Crippen molar-refractivity contribution in [3.63, 3.8) is 0 Å². The van der Waals surface area contributed by atoms with E-state index in [0.717, 1.165) is 27.6 Å². The molecule has 1 unspecified atom stereocenters. The Bertz CT molecular complexity index is 1090. The second-order valence-corrected chi connectivity index (χ2v) is 10.2. The Morgan fingerprint density at radius 2 is 1.20 bits per heavy atom. The molecule has 30 heavy (non-hydrogen) atoms. The minimum absolute atomic E-state index is 0.0320. The van der Waals surface area contributed by atoms with Crippen molar-refractivity contribution in [3.8, 4) is 28.0 Å². The number of hydrogen-bond acceptors (Lipinski definition) is 1. The molecule has 0 aliphatic carbocycles. The SMILES string of the molecule is Oc1c(Pc2ccccc2F)cc(-c2ccccc2)cc1-c1ccccc1.[Cl][Ti][Cl]. The first-order chi connectivity index (χ1) is 14.6. The Hall–Kier alpha value is -1.67. The molecule has 0 saturated carbocycles.